The van der Waals surface area contributed by atoms with Crippen LogP contribution in [0.1, 0.15) is 11.1 Å². The van der Waals surface area contributed by atoms with E-state index in [2.05, 4.69) is 28.5 Å². The summed E-state index contributed by atoms with van der Waals surface area (Å²) in [4.78, 5) is 4.44. The molecule has 0 fully saturated rings. The van der Waals surface area contributed by atoms with Gasteiger partial charge >= 0.3 is 0 Å². The van der Waals surface area contributed by atoms with Crippen molar-refractivity contribution in [2.75, 3.05) is 5.32 Å². The van der Waals surface area contributed by atoms with E-state index in [4.69, 9.17) is 0 Å². The number of nitrogens with zero attached hydrogens (tertiary/aromatic N) is 1. The molecule has 3 heteroatoms. The number of nitrogens with one attached hydrogen (secondary N) is 1. The quantitative estimate of drug-likeness (QED) is 0.755. The third kappa shape index (κ3) is 2.43. The van der Waals surface area contributed by atoms with Crippen molar-refractivity contribution in [1.82, 2.24) is 4.98 Å². The van der Waals surface area contributed by atoms with Crippen LogP contribution in [-0.4, -0.2) is 10.1 Å². The van der Waals surface area contributed by atoms with E-state index in [-0.39, 0.29) is 0 Å². The summed E-state index contributed by atoms with van der Waals surface area (Å²) >= 11 is 0. The lowest BCUT2D eigenvalue weighted by Crippen LogP contribution is -2.00. The van der Waals surface area contributed by atoms with Crippen molar-refractivity contribution in [2.45, 2.75) is 13.5 Å². The molecule has 0 aliphatic carbocycles. The van der Waals surface area contributed by atoms with Gasteiger partial charge in [0.2, 0.25) is 0 Å². The molecule has 1 aromatic heterocycles. The Hall–Kier alpha value is -2.55. The molecule has 0 bridgehead atoms. The fraction of sp³-hybridized carbons (Fsp3) is 0.118. The summed E-state index contributed by atoms with van der Waals surface area (Å²) in [6.45, 7) is 2.56. The summed E-state index contributed by atoms with van der Waals surface area (Å²) in [6.07, 6.45) is 1.81. The number of fused-ring (bicyclic) bond motifs is 1. The molecule has 0 atom stereocenters. The van der Waals surface area contributed by atoms with E-state index in [1.807, 2.05) is 37.4 Å². The molecule has 3 rings (SSSR count). The van der Waals surface area contributed by atoms with Gasteiger partial charge < -0.3 is 10.4 Å². The molecule has 1 heterocycles. The van der Waals surface area contributed by atoms with E-state index in [0.717, 1.165) is 27.7 Å². The van der Waals surface area contributed by atoms with Crippen LogP contribution >= 0.6 is 0 Å². The van der Waals surface area contributed by atoms with Crippen LogP contribution in [0, 0.1) is 6.92 Å². The maximum atomic E-state index is 9.72. The van der Waals surface area contributed by atoms with E-state index in [9.17, 15) is 5.11 Å². The normalized spacial score (nSPS) is 10.7. The topological polar surface area (TPSA) is 45.2 Å². The van der Waals surface area contributed by atoms with E-state index in [0.29, 0.717) is 12.3 Å². The van der Waals surface area contributed by atoms with Crippen LogP contribution in [0.4, 0.5) is 5.69 Å². The van der Waals surface area contributed by atoms with Gasteiger partial charge in [0, 0.05) is 29.9 Å². The Morgan fingerprint density at radius 3 is 2.80 bits per heavy atom. The zero-order valence-electron chi connectivity index (χ0n) is 11.3. The van der Waals surface area contributed by atoms with Gasteiger partial charge in [-0.3, -0.25) is 4.98 Å². The second-order valence-corrected chi connectivity index (χ2v) is 4.85. The first-order valence-corrected chi connectivity index (χ1v) is 6.60. The first-order chi connectivity index (χ1) is 9.74. The van der Waals surface area contributed by atoms with Gasteiger partial charge in [-0.1, -0.05) is 30.3 Å². The summed E-state index contributed by atoms with van der Waals surface area (Å²) in [7, 11) is 0. The summed E-state index contributed by atoms with van der Waals surface area (Å²) in [6, 6.07) is 15.8. The third-order valence-electron chi connectivity index (χ3n) is 3.41. The average molecular weight is 264 g/mol. The van der Waals surface area contributed by atoms with Gasteiger partial charge in [0.1, 0.15) is 5.75 Å². The van der Waals surface area contributed by atoms with Crippen LogP contribution in [-0.2, 0) is 6.54 Å². The molecule has 20 heavy (non-hydrogen) atoms. The van der Waals surface area contributed by atoms with Gasteiger partial charge in [-0.05, 0) is 30.2 Å². The molecule has 0 spiro atoms. The van der Waals surface area contributed by atoms with Crippen molar-refractivity contribution in [1.29, 1.82) is 0 Å². The Morgan fingerprint density at radius 1 is 1.10 bits per heavy atom. The summed E-state index contributed by atoms with van der Waals surface area (Å²) in [5, 5.41) is 14.2. The molecule has 2 N–H and O–H groups in total. The minimum absolute atomic E-state index is 0.311. The molecule has 0 amide bonds. The summed E-state index contributed by atoms with van der Waals surface area (Å²) in [5.41, 5.74) is 3.94. The lowest BCUT2D eigenvalue weighted by atomic mass is 10.1. The molecule has 0 aliphatic heterocycles. The van der Waals surface area contributed by atoms with Gasteiger partial charge in [0.05, 0.1) is 5.52 Å². The van der Waals surface area contributed by atoms with Gasteiger partial charge in [0.15, 0.2) is 0 Å². The van der Waals surface area contributed by atoms with E-state index in [1.165, 1.54) is 0 Å². The van der Waals surface area contributed by atoms with Crippen LogP contribution in [0.3, 0.4) is 0 Å². The number of para-hydroxylation sites is 1. The van der Waals surface area contributed by atoms with Crippen molar-refractivity contribution in [3.8, 4) is 5.75 Å². The fourth-order valence-electron chi connectivity index (χ4n) is 2.23. The van der Waals surface area contributed by atoms with Crippen molar-refractivity contribution >= 4 is 16.6 Å². The lowest BCUT2D eigenvalue weighted by molar-refractivity contribution is 0.471. The van der Waals surface area contributed by atoms with Gasteiger partial charge in [-0.15, -0.1) is 0 Å². The largest absolute Gasteiger partial charge is 0.508 e. The first kappa shape index (κ1) is 12.5. The Labute approximate surface area is 117 Å². The molecule has 3 nitrogen and oxygen atoms in total. The number of benzene rings is 2. The molecule has 0 saturated carbocycles. The number of anilines is 1. The molecule has 3 aromatic rings. The predicted molar refractivity (Wildman–Crippen MR) is 81.9 cm³/mol. The standard InChI is InChI=1S/C17H16N2O/c1-12-7-8-15(10-16(12)20)19-11-14-5-2-4-13-6-3-9-18-17(13)14/h2-10,19-20H,11H2,1H3. The third-order valence-corrected chi connectivity index (χ3v) is 3.41. The van der Waals surface area contributed by atoms with E-state index in [1.54, 1.807) is 6.07 Å². The molecular weight excluding hydrogens is 248 g/mol. The van der Waals surface area contributed by atoms with Crippen LogP contribution in [0.15, 0.2) is 54.7 Å². The monoisotopic (exact) mass is 264 g/mol. The number of aromatic hydroxyl groups is 1. The predicted octanol–water partition coefficient (Wildman–Crippen LogP) is 3.86. The Balaban J connectivity index is 1.85. The smallest absolute Gasteiger partial charge is 0.120 e. The molecule has 0 saturated heterocycles. The minimum Gasteiger partial charge on any atom is -0.508 e. The van der Waals surface area contributed by atoms with Gasteiger partial charge in [0.25, 0.3) is 0 Å². The first-order valence-electron chi connectivity index (χ1n) is 6.60. The highest BCUT2D eigenvalue weighted by molar-refractivity contribution is 5.81. The molecule has 0 unspecified atom stereocenters. The maximum Gasteiger partial charge on any atom is 0.120 e. The maximum absolute atomic E-state index is 9.72. The average Bonchev–Trinajstić information content (AvgIpc) is 2.48. The highest BCUT2D eigenvalue weighted by Crippen LogP contribution is 2.22. The van der Waals surface area contributed by atoms with Crippen molar-refractivity contribution in [3.05, 3.63) is 65.9 Å². The van der Waals surface area contributed by atoms with Gasteiger partial charge in [-0.25, -0.2) is 0 Å². The SMILES string of the molecule is Cc1ccc(NCc2cccc3cccnc23)cc1O. The lowest BCUT2D eigenvalue weighted by Gasteiger charge is -2.10. The van der Waals surface area contributed by atoms with Crippen molar-refractivity contribution in [2.24, 2.45) is 0 Å². The summed E-state index contributed by atoms with van der Waals surface area (Å²) in [5.74, 6) is 0.311. The molecule has 100 valence electrons. The number of phenolic OH excluding ortho intramolecular Hbond substituents is 1. The number of aryl methyl sites for hydroxylation is 1. The number of aromatic nitrogens is 1. The molecule has 0 aliphatic rings. The zero-order chi connectivity index (χ0) is 13.9. The minimum atomic E-state index is 0.311. The van der Waals surface area contributed by atoms with Gasteiger partial charge in [-0.2, -0.15) is 0 Å². The Bertz CT molecular complexity index is 748. The number of rotatable bonds is 3. The van der Waals surface area contributed by atoms with E-state index >= 15 is 0 Å². The molecular formula is C17H16N2O. The van der Waals surface area contributed by atoms with Crippen molar-refractivity contribution in [3.63, 3.8) is 0 Å². The fourth-order valence-corrected chi connectivity index (χ4v) is 2.23. The highest BCUT2D eigenvalue weighted by Gasteiger charge is 2.02. The number of pyridine rings is 1. The van der Waals surface area contributed by atoms with Crippen LogP contribution in [0.25, 0.3) is 10.9 Å². The number of phenols is 1. The van der Waals surface area contributed by atoms with Crippen LogP contribution < -0.4 is 5.32 Å². The molecule has 0 radical (unpaired) electrons. The van der Waals surface area contributed by atoms with Crippen LogP contribution in [0.2, 0.25) is 0 Å². The number of hydrogen-bond acceptors (Lipinski definition) is 3. The highest BCUT2D eigenvalue weighted by atomic mass is 16.3. The molecule has 2 aromatic carbocycles. The zero-order valence-corrected chi connectivity index (χ0v) is 11.3. The summed E-state index contributed by atoms with van der Waals surface area (Å²) < 4.78 is 0. The number of hydrogen-bond donors (Lipinski definition) is 2. The van der Waals surface area contributed by atoms with Crippen molar-refractivity contribution < 1.29 is 5.11 Å². The Kier molecular flexibility index (Phi) is 3.25. The second-order valence-electron chi connectivity index (χ2n) is 4.85. The Morgan fingerprint density at radius 2 is 1.95 bits per heavy atom. The second kappa shape index (κ2) is 5.21. The van der Waals surface area contributed by atoms with Crippen LogP contribution in [0.5, 0.6) is 5.75 Å². The van der Waals surface area contributed by atoms with E-state index < -0.39 is 0 Å².